The summed E-state index contributed by atoms with van der Waals surface area (Å²) in [6.07, 6.45) is 2.55. The quantitative estimate of drug-likeness (QED) is 0.547. The summed E-state index contributed by atoms with van der Waals surface area (Å²) in [4.78, 5) is 11.3. The number of carbonyl (C=O) groups excluding carboxylic acids is 1. The van der Waals surface area contributed by atoms with E-state index in [2.05, 4.69) is 16.9 Å². The molecule has 0 aliphatic carbocycles. The summed E-state index contributed by atoms with van der Waals surface area (Å²) in [6, 6.07) is 2.04. The van der Waals surface area contributed by atoms with E-state index >= 15 is 0 Å². The van der Waals surface area contributed by atoms with Gasteiger partial charge in [-0.1, -0.05) is 17.4 Å². The maximum atomic E-state index is 11.3. The van der Waals surface area contributed by atoms with Crippen LogP contribution in [-0.2, 0) is 11.3 Å². The van der Waals surface area contributed by atoms with E-state index in [-0.39, 0.29) is 5.69 Å². The van der Waals surface area contributed by atoms with Gasteiger partial charge < -0.3 is 4.74 Å². The Bertz CT molecular complexity index is 445. The maximum absolute atomic E-state index is 11.3. The molecule has 0 aliphatic heterocycles. The number of esters is 1. The lowest BCUT2D eigenvalue weighted by Crippen LogP contribution is -2.05. The van der Waals surface area contributed by atoms with Gasteiger partial charge in [0, 0.05) is 6.42 Å². The number of aromatic nitrogens is 3. The predicted molar refractivity (Wildman–Crippen MR) is 60.0 cm³/mol. The van der Waals surface area contributed by atoms with Gasteiger partial charge in [0.2, 0.25) is 0 Å². The third-order valence-electron chi connectivity index (χ3n) is 2.00. The maximum Gasteiger partial charge on any atom is 0.360 e. The number of rotatable bonds is 6. The Morgan fingerprint density at radius 2 is 2.47 bits per heavy atom. The smallest absolute Gasteiger partial charge is 0.360 e. The van der Waals surface area contributed by atoms with Crippen LogP contribution in [0.1, 0.15) is 30.3 Å². The fraction of sp³-hybridized carbons (Fsp3) is 0.455. The molecule has 0 saturated carbocycles. The van der Waals surface area contributed by atoms with E-state index in [0.29, 0.717) is 26.0 Å². The topological polar surface area (TPSA) is 80.8 Å². The molecule has 17 heavy (non-hydrogen) atoms. The molecule has 0 unspecified atom stereocenters. The highest BCUT2D eigenvalue weighted by molar-refractivity contribution is 5.86. The molecule has 0 spiro atoms. The zero-order valence-electron chi connectivity index (χ0n) is 9.72. The second-order valence-corrected chi connectivity index (χ2v) is 3.43. The molecule has 0 aliphatic rings. The number of allylic oxidation sites excluding steroid dienone is 1. The monoisotopic (exact) mass is 234 g/mol. The summed E-state index contributed by atoms with van der Waals surface area (Å²) < 4.78 is 6.30. The second kappa shape index (κ2) is 6.43. The van der Waals surface area contributed by atoms with Crippen molar-refractivity contribution in [1.29, 1.82) is 5.26 Å². The summed E-state index contributed by atoms with van der Waals surface area (Å²) in [6.45, 7) is 6.31. The van der Waals surface area contributed by atoms with Crippen LogP contribution in [0, 0.1) is 11.3 Å². The lowest BCUT2D eigenvalue weighted by atomic mass is 10.2. The van der Waals surface area contributed by atoms with Gasteiger partial charge in [-0.25, -0.2) is 9.48 Å². The second-order valence-electron chi connectivity index (χ2n) is 3.43. The molecular formula is C11H14N4O2. The van der Waals surface area contributed by atoms with E-state index in [1.165, 1.54) is 10.9 Å². The van der Waals surface area contributed by atoms with E-state index < -0.39 is 5.97 Å². The van der Waals surface area contributed by atoms with Gasteiger partial charge in [0.1, 0.15) is 0 Å². The Kier molecular flexibility index (Phi) is 4.88. The van der Waals surface area contributed by atoms with Crippen molar-refractivity contribution in [3.63, 3.8) is 0 Å². The number of ether oxygens (including phenoxy) is 1. The van der Waals surface area contributed by atoms with Gasteiger partial charge in [0.05, 0.1) is 25.4 Å². The molecule has 0 saturated heterocycles. The van der Waals surface area contributed by atoms with Gasteiger partial charge in [0.25, 0.3) is 0 Å². The molecule has 6 heteroatoms. The molecule has 0 radical (unpaired) electrons. The lowest BCUT2D eigenvalue weighted by Gasteiger charge is -2.01. The fourth-order valence-electron chi connectivity index (χ4n) is 1.22. The Labute approximate surface area is 99.5 Å². The molecule has 0 N–H and O–H groups in total. The highest BCUT2D eigenvalue weighted by Gasteiger charge is 2.11. The largest absolute Gasteiger partial charge is 0.461 e. The normalized spacial score (nSPS) is 9.65. The Morgan fingerprint density at radius 3 is 3.12 bits per heavy atom. The van der Waals surface area contributed by atoms with Crippen LogP contribution in [0.2, 0.25) is 0 Å². The first kappa shape index (κ1) is 12.9. The van der Waals surface area contributed by atoms with Crippen LogP contribution in [0.4, 0.5) is 0 Å². The van der Waals surface area contributed by atoms with Gasteiger partial charge in [-0.3, -0.25) is 0 Å². The number of hydrogen-bond acceptors (Lipinski definition) is 5. The van der Waals surface area contributed by atoms with E-state index in [9.17, 15) is 4.79 Å². The Morgan fingerprint density at radius 1 is 1.71 bits per heavy atom. The van der Waals surface area contributed by atoms with Crippen LogP contribution in [0.3, 0.4) is 0 Å². The van der Waals surface area contributed by atoms with Crippen molar-refractivity contribution in [3.05, 3.63) is 24.0 Å². The Balaban J connectivity index is 2.54. The highest BCUT2D eigenvalue weighted by Crippen LogP contribution is 2.05. The molecule has 1 heterocycles. The molecule has 0 atom stereocenters. The van der Waals surface area contributed by atoms with Crippen molar-refractivity contribution in [3.8, 4) is 6.07 Å². The van der Waals surface area contributed by atoms with Crippen LogP contribution in [0.5, 0.6) is 0 Å². The molecule has 1 rings (SSSR count). The minimum absolute atomic E-state index is 0.180. The molecule has 1 aromatic rings. The van der Waals surface area contributed by atoms with Crippen LogP contribution in [0.15, 0.2) is 18.3 Å². The number of nitrogens with zero attached hydrogens (tertiary/aromatic N) is 4. The van der Waals surface area contributed by atoms with Crippen molar-refractivity contribution >= 4 is 5.97 Å². The molecule has 0 fully saturated rings. The zero-order valence-corrected chi connectivity index (χ0v) is 9.72. The van der Waals surface area contributed by atoms with Crippen LogP contribution >= 0.6 is 0 Å². The standard InChI is InChI=1S/C11H14N4O2/c1-3-17-11(16)10-8-15(14-13-10)7-9(2)5-4-6-12/h8H,2-5,7H2,1H3. The Hall–Kier alpha value is -2.16. The molecule has 1 aromatic heterocycles. The summed E-state index contributed by atoms with van der Waals surface area (Å²) in [5, 5.41) is 15.9. The molecule has 6 nitrogen and oxygen atoms in total. The third-order valence-corrected chi connectivity index (χ3v) is 2.00. The molecule has 0 bridgehead atoms. The lowest BCUT2D eigenvalue weighted by molar-refractivity contribution is 0.0519. The molecule has 90 valence electrons. The van der Waals surface area contributed by atoms with Crippen LogP contribution < -0.4 is 0 Å². The summed E-state index contributed by atoms with van der Waals surface area (Å²) in [5.41, 5.74) is 1.05. The van der Waals surface area contributed by atoms with E-state index in [0.717, 1.165) is 5.57 Å². The minimum Gasteiger partial charge on any atom is -0.461 e. The predicted octanol–water partition coefficient (Wildman–Crippen LogP) is 1.31. The van der Waals surface area contributed by atoms with Crippen molar-refractivity contribution in [1.82, 2.24) is 15.0 Å². The van der Waals surface area contributed by atoms with Crippen molar-refractivity contribution in [2.75, 3.05) is 6.61 Å². The summed E-state index contributed by atoms with van der Waals surface area (Å²) in [5.74, 6) is -0.485. The average molecular weight is 234 g/mol. The average Bonchev–Trinajstić information content (AvgIpc) is 2.75. The third kappa shape index (κ3) is 4.07. The van der Waals surface area contributed by atoms with E-state index in [1.807, 2.05) is 6.07 Å². The van der Waals surface area contributed by atoms with Gasteiger partial charge in [-0.05, 0) is 13.3 Å². The van der Waals surface area contributed by atoms with Gasteiger partial charge in [-0.15, -0.1) is 5.10 Å². The first-order valence-electron chi connectivity index (χ1n) is 5.28. The van der Waals surface area contributed by atoms with Gasteiger partial charge >= 0.3 is 5.97 Å². The van der Waals surface area contributed by atoms with Gasteiger partial charge in [0.15, 0.2) is 5.69 Å². The zero-order chi connectivity index (χ0) is 12.7. The number of nitriles is 1. The first-order chi connectivity index (χ1) is 8.17. The van der Waals surface area contributed by atoms with Crippen molar-refractivity contribution < 1.29 is 9.53 Å². The highest BCUT2D eigenvalue weighted by atomic mass is 16.5. The molecule has 0 amide bonds. The fourth-order valence-corrected chi connectivity index (χ4v) is 1.22. The van der Waals surface area contributed by atoms with Crippen LogP contribution in [0.25, 0.3) is 0 Å². The molecular weight excluding hydrogens is 220 g/mol. The van der Waals surface area contributed by atoms with Crippen molar-refractivity contribution in [2.24, 2.45) is 0 Å². The first-order valence-corrected chi connectivity index (χ1v) is 5.28. The number of carbonyl (C=O) groups is 1. The van der Waals surface area contributed by atoms with Crippen LogP contribution in [-0.4, -0.2) is 27.6 Å². The summed E-state index contributed by atoms with van der Waals surface area (Å²) in [7, 11) is 0. The van der Waals surface area contributed by atoms with Gasteiger partial charge in [-0.2, -0.15) is 5.26 Å². The SMILES string of the molecule is C=C(CCC#N)Cn1cc(C(=O)OCC)nn1. The minimum atomic E-state index is -0.485. The van der Waals surface area contributed by atoms with Crippen molar-refractivity contribution in [2.45, 2.75) is 26.3 Å². The molecule has 0 aromatic carbocycles. The van der Waals surface area contributed by atoms with E-state index in [4.69, 9.17) is 10.00 Å². The number of hydrogen-bond donors (Lipinski definition) is 0. The van der Waals surface area contributed by atoms with E-state index in [1.54, 1.807) is 6.92 Å². The summed E-state index contributed by atoms with van der Waals surface area (Å²) >= 11 is 0.